The van der Waals surface area contributed by atoms with E-state index < -0.39 is 0 Å². The molecule has 96 valence electrons. The van der Waals surface area contributed by atoms with Crippen molar-refractivity contribution in [1.29, 1.82) is 0 Å². The number of nitrogens with one attached hydrogen (secondary N) is 1. The van der Waals surface area contributed by atoms with Crippen molar-refractivity contribution in [3.63, 3.8) is 0 Å². The SMILES string of the molecule is CNC(C)c1sc(C2CN(C)CCO2)nc1C. The third-order valence-corrected chi connectivity index (χ3v) is 4.65. The molecule has 1 aromatic heterocycles. The normalized spacial score (nSPS) is 23.9. The van der Waals surface area contributed by atoms with Crippen LogP contribution in [0.2, 0.25) is 0 Å². The minimum atomic E-state index is 0.148. The molecule has 2 heterocycles. The highest BCUT2D eigenvalue weighted by atomic mass is 32.1. The number of rotatable bonds is 3. The lowest BCUT2D eigenvalue weighted by Crippen LogP contribution is -2.35. The van der Waals surface area contributed by atoms with Crippen LogP contribution in [-0.4, -0.2) is 43.7 Å². The predicted octanol–water partition coefficient (Wildman–Crippen LogP) is 1.74. The van der Waals surface area contributed by atoms with Gasteiger partial charge in [-0.1, -0.05) is 0 Å². The van der Waals surface area contributed by atoms with Crippen LogP contribution in [0.4, 0.5) is 0 Å². The lowest BCUT2D eigenvalue weighted by atomic mass is 10.2. The van der Waals surface area contributed by atoms with Crippen LogP contribution < -0.4 is 5.32 Å². The van der Waals surface area contributed by atoms with Gasteiger partial charge in [0, 0.05) is 24.0 Å². The topological polar surface area (TPSA) is 37.4 Å². The molecule has 0 spiro atoms. The first-order chi connectivity index (χ1) is 8.11. The van der Waals surface area contributed by atoms with Crippen LogP contribution in [0.25, 0.3) is 0 Å². The van der Waals surface area contributed by atoms with Crippen LogP contribution in [0.3, 0.4) is 0 Å². The van der Waals surface area contributed by atoms with Gasteiger partial charge in [-0.15, -0.1) is 11.3 Å². The van der Waals surface area contributed by atoms with Crippen LogP contribution in [0.5, 0.6) is 0 Å². The highest BCUT2D eigenvalue weighted by Gasteiger charge is 2.24. The summed E-state index contributed by atoms with van der Waals surface area (Å²) in [4.78, 5) is 8.28. The average Bonchev–Trinajstić information content (AvgIpc) is 2.70. The monoisotopic (exact) mass is 255 g/mol. The van der Waals surface area contributed by atoms with Gasteiger partial charge >= 0.3 is 0 Å². The number of morpholine rings is 1. The highest BCUT2D eigenvalue weighted by Crippen LogP contribution is 2.31. The number of aromatic nitrogens is 1. The van der Waals surface area contributed by atoms with Crippen molar-refractivity contribution in [3.8, 4) is 0 Å². The van der Waals surface area contributed by atoms with Gasteiger partial charge in [0.2, 0.25) is 0 Å². The third-order valence-electron chi connectivity index (χ3n) is 3.22. The molecule has 1 saturated heterocycles. The number of likely N-dealkylation sites (N-methyl/N-ethyl adjacent to an activating group) is 1. The molecule has 1 aliphatic heterocycles. The van der Waals surface area contributed by atoms with E-state index in [2.05, 4.69) is 36.1 Å². The maximum absolute atomic E-state index is 5.80. The van der Waals surface area contributed by atoms with E-state index in [9.17, 15) is 0 Å². The zero-order valence-electron chi connectivity index (χ0n) is 11.0. The molecule has 0 saturated carbocycles. The predicted molar refractivity (Wildman–Crippen MR) is 70.5 cm³/mol. The van der Waals surface area contributed by atoms with E-state index in [1.165, 1.54) is 4.88 Å². The van der Waals surface area contributed by atoms with Gasteiger partial charge in [-0.3, -0.25) is 0 Å². The Balaban J connectivity index is 2.16. The van der Waals surface area contributed by atoms with Gasteiger partial charge in [0.05, 0.1) is 12.3 Å². The van der Waals surface area contributed by atoms with Gasteiger partial charge in [0.25, 0.3) is 0 Å². The molecule has 0 aliphatic carbocycles. The Hall–Kier alpha value is -0.490. The fourth-order valence-corrected chi connectivity index (χ4v) is 3.20. The molecule has 2 rings (SSSR count). The van der Waals surface area contributed by atoms with Gasteiger partial charge in [-0.25, -0.2) is 4.98 Å². The molecule has 0 aromatic carbocycles. The summed E-state index contributed by atoms with van der Waals surface area (Å²) in [6, 6.07) is 0.363. The Kier molecular flexibility index (Phi) is 4.14. The molecule has 4 nitrogen and oxygen atoms in total. The molecule has 1 fully saturated rings. The summed E-state index contributed by atoms with van der Waals surface area (Å²) in [7, 11) is 4.11. The van der Waals surface area contributed by atoms with Crippen molar-refractivity contribution in [2.75, 3.05) is 33.8 Å². The number of ether oxygens (including phenoxy) is 1. The molecule has 0 amide bonds. The van der Waals surface area contributed by atoms with Gasteiger partial charge in [0.1, 0.15) is 11.1 Å². The Morgan fingerprint density at radius 3 is 3.00 bits per heavy atom. The molecule has 17 heavy (non-hydrogen) atoms. The van der Waals surface area contributed by atoms with Crippen molar-refractivity contribution < 1.29 is 4.74 Å². The number of hydrogen-bond donors (Lipinski definition) is 1. The summed E-state index contributed by atoms with van der Waals surface area (Å²) < 4.78 is 5.80. The number of aryl methyl sites for hydroxylation is 1. The van der Waals surface area contributed by atoms with Crippen molar-refractivity contribution >= 4 is 11.3 Å². The maximum Gasteiger partial charge on any atom is 0.123 e. The number of nitrogens with zero attached hydrogens (tertiary/aromatic N) is 2. The molecule has 0 bridgehead atoms. The average molecular weight is 255 g/mol. The van der Waals surface area contributed by atoms with E-state index in [1.807, 2.05) is 7.05 Å². The van der Waals surface area contributed by atoms with Crippen molar-refractivity contribution in [1.82, 2.24) is 15.2 Å². The second-order valence-corrected chi connectivity index (χ2v) is 5.70. The highest BCUT2D eigenvalue weighted by molar-refractivity contribution is 7.11. The second kappa shape index (κ2) is 5.44. The van der Waals surface area contributed by atoms with Gasteiger partial charge in [-0.05, 0) is 27.9 Å². The van der Waals surface area contributed by atoms with Gasteiger partial charge in [0.15, 0.2) is 0 Å². The van der Waals surface area contributed by atoms with Crippen LogP contribution >= 0.6 is 11.3 Å². The maximum atomic E-state index is 5.80. The minimum Gasteiger partial charge on any atom is -0.368 e. The zero-order chi connectivity index (χ0) is 12.4. The van der Waals surface area contributed by atoms with E-state index in [1.54, 1.807) is 11.3 Å². The van der Waals surface area contributed by atoms with Crippen LogP contribution in [-0.2, 0) is 4.74 Å². The van der Waals surface area contributed by atoms with Gasteiger partial charge < -0.3 is 15.0 Å². The molecular weight excluding hydrogens is 234 g/mol. The van der Waals surface area contributed by atoms with E-state index in [0.29, 0.717) is 6.04 Å². The molecule has 1 aromatic rings. The lowest BCUT2D eigenvalue weighted by Gasteiger charge is -2.28. The standard InChI is InChI=1S/C12H21N3OS/c1-8(13-3)11-9(2)14-12(17-11)10-7-15(4)5-6-16-10/h8,10,13H,5-7H2,1-4H3. The summed E-state index contributed by atoms with van der Waals surface area (Å²) in [5, 5.41) is 4.38. The zero-order valence-corrected chi connectivity index (χ0v) is 11.8. The summed E-state index contributed by atoms with van der Waals surface area (Å²) in [5.41, 5.74) is 1.13. The van der Waals surface area contributed by atoms with E-state index in [0.717, 1.165) is 30.4 Å². The molecule has 1 aliphatic rings. The Bertz CT molecular complexity index is 380. The first-order valence-electron chi connectivity index (χ1n) is 6.06. The fraction of sp³-hybridized carbons (Fsp3) is 0.750. The van der Waals surface area contributed by atoms with E-state index in [-0.39, 0.29) is 6.10 Å². The molecule has 0 radical (unpaired) electrons. The summed E-state index contributed by atoms with van der Waals surface area (Å²) in [5.74, 6) is 0. The van der Waals surface area contributed by atoms with E-state index in [4.69, 9.17) is 4.74 Å². The Morgan fingerprint density at radius 2 is 2.35 bits per heavy atom. The van der Waals surface area contributed by atoms with Crippen LogP contribution in [0.1, 0.15) is 34.6 Å². The van der Waals surface area contributed by atoms with Crippen molar-refractivity contribution in [3.05, 3.63) is 15.6 Å². The van der Waals surface area contributed by atoms with Crippen molar-refractivity contribution in [2.45, 2.75) is 26.0 Å². The summed E-state index contributed by atoms with van der Waals surface area (Å²) in [6.45, 7) is 7.01. The lowest BCUT2D eigenvalue weighted by molar-refractivity contribution is -0.0210. The summed E-state index contributed by atoms with van der Waals surface area (Å²) >= 11 is 1.78. The smallest absolute Gasteiger partial charge is 0.123 e. The Morgan fingerprint density at radius 1 is 1.59 bits per heavy atom. The van der Waals surface area contributed by atoms with Crippen LogP contribution in [0.15, 0.2) is 0 Å². The Labute approximate surface area is 107 Å². The van der Waals surface area contributed by atoms with Gasteiger partial charge in [-0.2, -0.15) is 0 Å². The fourth-order valence-electron chi connectivity index (χ4n) is 2.03. The minimum absolute atomic E-state index is 0.148. The first-order valence-corrected chi connectivity index (χ1v) is 6.88. The molecular formula is C12H21N3OS. The molecule has 5 heteroatoms. The number of hydrogen-bond acceptors (Lipinski definition) is 5. The number of thiazole rings is 1. The summed E-state index contributed by atoms with van der Waals surface area (Å²) in [6.07, 6.45) is 0.148. The first kappa shape index (κ1) is 13.0. The van der Waals surface area contributed by atoms with Crippen LogP contribution in [0, 0.1) is 6.92 Å². The third kappa shape index (κ3) is 2.85. The molecule has 2 unspecified atom stereocenters. The quantitative estimate of drug-likeness (QED) is 0.892. The largest absolute Gasteiger partial charge is 0.368 e. The van der Waals surface area contributed by atoms with E-state index >= 15 is 0 Å². The molecule has 1 N–H and O–H groups in total. The van der Waals surface area contributed by atoms with Crippen molar-refractivity contribution in [2.24, 2.45) is 0 Å². The molecule has 2 atom stereocenters. The second-order valence-electron chi connectivity index (χ2n) is 4.63.